The highest BCUT2D eigenvalue weighted by Gasteiger charge is 2.11. The molecule has 1 unspecified atom stereocenters. The molecule has 21 heavy (non-hydrogen) atoms. The minimum atomic E-state index is 0.310. The molecule has 2 nitrogen and oxygen atoms in total. The van der Waals surface area contributed by atoms with Crippen molar-refractivity contribution in [3.05, 3.63) is 78.0 Å². The Morgan fingerprint density at radius 2 is 1.67 bits per heavy atom. The van der Waals surface area contributed by atoms with Crippen molar-refractivity contribution >= 4 is 10.9 Å². The molecule has 106 valence electrons. The van der Waals surface area contributed by atoms with Crippen LogP contribution in [-0.4, -0.2) is 11.5 Å². The van der Waals surface area contributed by atoms with Crippen LogP contribution in [0.25, 0.3) is 10.9 Å². The molecule has 1 N–H and O–H groups in total. The Kier molecular flexibility index (Phi) is 4.27. The molecule has 0 aliphatic heterocycles. The first-order valence-corrected chi connectivity index (χ1v) is 7.50. The second kappa shape index (κ2) is 6.51. The largest absolute Gasteiger partial charge is 0.310 e. The smallest absolute Gasteiger partial charge is 0.0705 e. The lowest BCUT2D eigenvalue weighted by atomic mass is 10.0. The number of aromatic nitrogens is 1. The minimum absolute atomic E-state index is 0.310. The Morgan fingerprint density at radius 3 is 2.48 bits per heavy atom. The molecule has 1 atom stereocenters. The molecule has 1 heterocycles. The number of benzene rings is 2. The highest BCUT2D eigenvalue weighted by molar-refractivity contribution is 5.78. The molecule has 2 aromatic carbocycles. The minimum Gasteiger partial charge on any atom is -0.310 e. The SMILES string of the molecule is CCNC(Cc1ccc2ccccc2n1)c1ccccc1. The molecule has 0 aliphatic carbocycles. The summed E-state index contributed by atoms with van der Waals surface area (Å²) in [5.41, 5.74) is 3.51. The van der Waals surface area contributed by atoms with Crippen molar-refractivity contribution in [1.29, 1.82) is 0 Å². The molecular formula is C19H20N2. The summed E-state index contributed by atoms with van der Waals surface area (Å²) in [4.78, 5) is 4.78. The highest BCUT2D eigenvalue weighted by Crippen LogP contribution is 2.19. The van der Waals surface area contributed by atoms with Gasteiger partial charge in [-0.15, -0.1) is 0 Å². The fraction of sp³-hybridized carbons (Fsp3) is 0.211. The van der Waals surface area contributed by atoms with Crippen molar-refractivity contribution in [3.63, 3.8) is 0 Å². The van der Waals surface area contributed by atoms with E-state index in [0.717, 1.165) is 24.2 Å². The van der Waals surface area contributed by atoms with Gasteiger partial charge in [0, 0.05) is 23.5 Å². The first kappa shape index (κ1) is 13.8. The first-order valence-electron chi connectivity index (χ1n) is 7.50. The van der Waals surface area contributed by atoms with Crippen molar-refractivity contribution in [3.8, 4) is 0 Å². The average molecular weight is 276 g/mol. The Morgan fingerprint density at radius 1 is 0.905 bits per heavy atom. The third-order valence-corrected chi connectivity index (χ3v) is 3.72. The summed E-state index contributed by atoms with van der Waals surface area (Å²) < 4.78 is 0. The number of rotatable bonds is 5. The van der Waals surface area contributed by atoms with E-state index in [2.05, 4.69) is 72.9 Å². The van der Waals surface area contributed by atoms with E-state index in [1.165, 1.54) is 10.9 Å². The number of nitrogens with zero attached hydrogens (tertiary/aromatic N) is 1. The molecule has 0 aliphatic rings. The fourth-order valence-electron chi connectivity index (χ4n) is 2.67. The number of pyridine rings is 1. The first-order chi connectivity index (χ1) is 10.4. The predicted octanol–water partition coefficient (Wildman–Crippen LogP) is 4.13. The molecule has 3 rings (SSSR count). The predicted molar refractivity (Wildman–Crippen MR) is 88.3 cm³/mol. The topological polar surface area (TPSA) is 24.9 Å². The van der Waals surface area contributed by atoms with Gasteiger partial charge in [0.1, 0.15) is 0 Å². The van der Waals surface area contributed by atoms with Crippen LogP contribution in [0.1, 0.15) is 24.2 Å². The Hall–Kier alpha value is -2.19. The second-order valence-corrected chi connectivity index (χ2v) is 5.22. The maximum absolute atomic E-state index is 4.78. The van der Waals surface area contributed by atoms with Crippen molar-refractivity contribution in [2.24, 2.45) is 0 Å². The van der Waals surface area contributed by atoms with Gasteiger partial charge in [0.2, 0.25) is 0 Å². The van der Waals surface area contributed by atoms with Gasteiger partial charge in [0.05, 0.1) is 5.52 Å². The zero-order chi connectivity index (χ0) is 14.5. The van der Waals surface area contributed by atoms with E-state index >= 15 is 0 Å². The van der Waals surface area contributed by atoms with E-state index in [4.69, 9.17) is 4.98 Å². The van der Waals surface area contributed by atoms with Crippen LogP contribution < -0.4 is 5.32 Å². The van der Waals surface area contributed by atoms with Crippen LogP contribution in [0.15, 0.2) is 66.7 Å². The molecule has 1 aromatic heterocycles. The van der Waals surface area contributed by atoms with E-state index in [-0.39, 0.29) is 0 Å². The van der Waals surface area contributed by atoms with Crippen LogP contribution >= 0.6 is 0 Å². The number of likely N-dealkylation sites (N-methyl/N-ethyl adjacent to an activating group) is 1. The van der Waals surface area contributed by atoms with E-state index < -0.39 is 0 Å². The number of fused-ring (bicyclic) bond motifs is 1. The summed E-state index contributed by atoms with van der Waals surface area (Å²) in [6.07, 6.45) is 0.905. The van der Waals surface area contributed by atoms with Crippen molar-refractivity contribution in [1.82, 2.24) is 10.3 Å². The lowest BCUT2D eigenvalue weighted by Gasteiger charge is -2.18. The number of para-hydroxylation sites is 1. The van der Waals surface area contributed by atoms with Crippen LogP contribution in [-0.2, 0) is 6.42 Å². The molecule has 2 heteroatoms. The van der Waals surface area contributed by atoms with E-state index in [1.54, 1.807) is 0 Å². The van der Waals surface area contributed by atoms with E-state index in [0.29, 0.717) is 6.04 Å². The Balaban J connectivity index is 1.87. The van der Waals surface area contributed by atoms with Gasteiger partial charge in [-0.05, 0) is 24.2 Å². The number of hydrogen-bond acceptors (Lipinski definition) is 2. The van der Waals surface area contributed by atoms with Crippen LogP contribution in [0.5, 0.6) is 0 Å². The highest BCUT2D eigenvalue weighted by atomic mass is 14.9. The number of nitrogens with one attached hydrogen (secondary N) is 1. The summed E-state index contributed by atoms with van der Waals surface area (Å²) in [7, 11) is 0. The van der Waals surface area contributed by atoms with Crippen LogP contribution in [0, 0.1) is 0 Å². The molecule has 0 bridgehead atoms. The van der Waals surface area contributed by atoms with Gasteiger partial charge in [-0.3, -0.25) is 4.98 Å². The third-order valence-electron chi connectivity index (χ3n) is 3.72. The zero-order valence-corrected chi connectivity index (χ0v) is 12.3. The van der Waals surface area contributed by atoms with Gasteiger partial charge >= 0.3 is 0 Å². The van der Waals surface area contributed by atoms with Gasteiger partial charge in [0.25, 0.3) is 0 Å². The van der Waals surface area contributed by atoms with Crippen molar-refractivity contribution < 1.29 is 0 Å². The molecule has 0 radical (unpaired) electrons. The monoisotopic (exact) mass is 276 g/mol. The maximum atomic E-state index is 4.78. The summed E-state index contributed by atoms with van der Waals surface area (Å²) in [5.74, 6) is 0. The third kappa shape index (κ3) is 3.29. The molecule has 3 aromatic rings. The molecule has 0 saturated heterocycles. The van der Waals surface area contributed by atoms with Gasteiger partial charge in [-0.2, -0.15) is 0 Å². The Labute approximate surface area is 125 Å². The quantitative estimate of drug-likeness (QED) is 0.758. The maximum Gasteiger partial charge on any atom is 0.0705 e. The molecule has 0 saturated carbocycles. The van der Waals surface area contributed by atoms with Gasteiger partial charge in [-0.1, -0.05) is 61.5 Å². The van der Waals surface area contributed by atoms with Crippen LogP contribution in [0.2, 0.25) is 0 Å². The summed E-state index contributed by atoms with van der Waals surface area (Å²) in [6, 6.07) is 23.5. The van der Waals surface area contributed by atoms with E-state index in [9.17, 15) is 0 Å². The van der Waals surface area contributed by atoms with Crippen molar-refractivity contribution in [2.45, 2.75) is 19.4 Å². The Bertz CT molecular complexity index is 707. The second-order valence-electron chi connectivity index (χ2n) is 5.22. The van der Waals surface area contributed by atoms with E-state index in [1.807, 2.05) is 6.07 Å². The summed E-state index contributed by atoms with van der Waals surface area (Å²) in [6.45, 7) is 3.09. The average Bonchev–Trinajstić information content (AvgIpc) is 2.55. The summed E-state index contributed by atoms with van der Waals surface area (Å²) >= 11 is 0. The summed E-state index contributed by atoms with van der Waals surface area (Å²) in [5, 5.41) is 4.75. The normalized spacial score (nSPS) is 12.4. The lowest BCUT2D eigenvalue weighted by Crippen LogP contribution is -2.23. The van der Waals surface area contributed by atoms with Crippen LogP contribution in [0.4, 0.5) is 0 Å². The van der Waals surface area contributed by atoms with Crippen molar-refractivity contribution in [2.75, 3.05) is 6.54 Å². The molecular weight excluding hydrogens is 256 g/mol. The van der Waals surface area contributed by atoms with Crippen LogP contribution in [0.3, 0.4) is 0 Å². The van der Waals surface area contributed by atoms with Gasteiger partial charge in [-0.25, -0.2) is 0 Å². The standard InChI is InChI=1S/C19H20N2/c1-2-20-19(15-8-4-3-5-9-15)14-17-13-12-16-10-6-7-11-18(16)21-17/h3-13,19-20H,2,14H2,1H3. The molecule has 0 spiro atoms. The molecule has 0 fully saturated rings. The molecule has 0 amide bonds. The van der Waals surface area contributed by atoms with Gasteiger partial charge < -0.3 is 5.32 Å². The zero-order valence-electron chi connectivity index (χ0n) is 12.3. The fourth-order valence-corrected chi connectivity index (χ4v) is 2.67. The lowest BCUT2D eigenvalue weighted by molar-refractivity contribution is 0.545. The number of hydrogen-bond donors (Lipinski definition) is 1. The van der Waals surface area contributed by atoms with Gasteiger partial charge in [0.15, 0.2) is 0 Å².